The number of nitro groups is 1. The summed E-state index contributed by atoms with van der Waals surface area (Å²) in [7, 11) is -3.25. The van der Waals surface area contributed by atoms with Crippen LogP contribution in [0.25, 0.3) is 0 Å². The summed E-state index contributed by atoms with van der Waals surface area (Å²) in [6.07, 6.45) is 1.19. The molecule has 0 aliphatic carbocycles. The number of rotatable bonds is 6. The second-order valence-corrected chi connectivity index (χ2v) is 10.2. The maximum absolute atomic E-state index is 13.0. The normalized spacial score (nSPS) is 17.4. The fourth-order valence-electron chi connectivity index (χ4n) is 4.19. The third kappa shape index (κ3) is 5.29. The van der Waals surface area contributed by atoms with Gasteiger partial charge in [-0.25, -0.2) is 8.42 Å². The number of benzene rings is 2. The second kappa shape index (κ2) is 9.95. The molecule has 0 radical (unpaired) electrons. The number of para-hydroxylation sites is 2. The number of hydrogen-bond donors (Lipinski definition) is 1. The van der Waals surface area contributed by atoms with Crippen LogP contribution in [0.5, 0.6) is 0 Å². The van der Waals surface area contributed by atoms with Crippen molar-refractivity contribution < 1.29 is 22.9 Å². The number of nitro benzene ring substituents is 1. The zero-order valence-electron chi connectivity index (χ0n) is 18.8. The summed E-state index contributed by atoms with van der Waals surface area (Å²) in [5, 5.41) is 14.6. The number of ether oxygens (including phenoxy) is 1. The van der Waals surface area contributed by atoms with Gasteiger partial charge in [0.2, 0.25) is 10.0 Å². The molecule has 0 aromatic heterocycles. The van der Waals surface area contributed by atoms with Gasteiger partial charge in [-0.05, 0) is 24.3 Å². The summed E-state index contributed by atoms with van der Waals surface area (Å²) in [6.45, 7) is 3.77. The van der Waals surface area contributed by atoms with Crippen LogP contribution < -0.4 is 15.1 Å². The third-order valence-electron chi connectivity index (χ3n) is 5.99. The summed E-state index contributed by atoms with van der Waals surface area (Å²) < 4.78 is 30.3. The lowest BCUT2D eigenvalue weighted by molar-refractivity contribution is -0.384. The van der Waals surface area contributed by atoms with Crippen LogP contribution in [0.3, 0.4) is 0 Å². The average Bonchev–Trinajstić information content (AvgIpc) is 2.84. The van der Waals surface area contributed by atoms with Crippen LogP contribution in [0, 0.1) is 10.1 Å². The van der Waals surface area contributed by atoms with E-state index in [-0.39, 0.29) is 11.3 Å². The highest BCUT2D eigenvalue weighted by Crippen LogP contribution is 2.31. The number of piperazine rings is 1. The number of nitrogens with one attached hydrogen (secondary N) is 1. The molecular formula is C22H27N5O6S. The zero-order chi connectivity index (χ0) is 24.3. The number of hydrogen-bond acceptors (Lipinski definition) is 8. The monoisotopic (exact) mass is 489 g/mol. The fraction of sp³-hybridized carbons (Fsp3) is 0.409. The van der Waals surface area contributed by atoms with Gasteiger partial charge in [-0.3, -0.25) is 14.9 Å². The number of morpholine rings is 1. The Hall–Kier alpha value is -3.22. The number of carbonyl (C=O) groups excluding carboxylic acids is 1. The van der Waals surface area contributed by atoms with Crippen molar-refractivity contribution in [2.75, 3.05) is 73.9 Å². The van der Waals surface area contributed by atoms with Gasteiger partial charge in [-0.1, -0.05) is 12.1 Å². The third-order valence-corrected chi connectivity index (χ3v) is 7.29. The summed E-state index contributed by atoms with van der Waals surface area (Å²) in [4.78, 5) is 28.2. The van der Waals surface area contributed by atoms with Gasteiger partial charge in [0.1, 0.15) is 5.69 Å². The van der Waals surface area contributed by atoms with Crippen molar-refractivity contribution in [2.45, 2.75) is 0 Å². The molecule has 2 heterocycles. The molecule has 4 rings (SSSR count). The van der Waals surface area contributed by atoms with E-state index in [0.29, 0.717) is 63.9 Å². The number of anilines is 3. The van der Waals surface area contributed by atoms with Crippen LogP contribution in [0.4, 0.5) is 22.7 Å². The smallest absolute Gasteiger partial charge is 0.293 e. The molecule has 0 unspecified atom stereocenters. The number of sulfonamides is 1. The SMILES string of the molecule is CS(=O)(=O)N1CCN(c2ccccc2NC(=O)c2ccc(N3CCOCC3)c([N+](=O)[O-])c2)CC1. The summed E-state index contributed by atoms with van der Waals surface area (Å²) in [5.41, 5.74) is 1.85. The predicted octanol–water partition coefficient (Wildman–Crippen LogP) is 1.77. The number of carbonyl (C=O) groups is 1. The van der Waals surface area contributed by atoms with E-state index < -0.39 is 20.9 Å². The van der Waals surface area contributed by atoms with Crippen LogP contribution in [-0.2, 0) is 14.8 Å². The van der Waals surface area contributed by atoms with Gasteiger partial charge in [-0.2, -0.15) is 4.31 Å². The molecule has 1 N–H and O–H groups in total. The molecule has 0 bridgehead atoms. The number of amides is 1. The average molecular weight is 490 g/mol. The molecule has 2 aliphatic heterocycles. The maximum Gasteiger partial charge on any atom is 0.293 e. The molecular weight excluding hydrogens is 462 g/mol. The molecule has 11 nitrogen and oxygen atoms in total. The minimum absolute atomic E-state index is 0.125. The molecule has 2 aromatic rings. The topological polar surface area (TPSA) is 125 Å². The summed E-state index contributed by atoms with van der Waals surface area (Å²) in [5.74, 6) is -0.459. The van der Waals surface area contributed by atoms with E-state index in [0.717, 1.165) is 5.69 Å². The maximum atomic E-state index is 13.0. The molecule has 2 fully saturated rings. The molecule has 0 saturated carbocycles. The molecule has 34 heavy (non-hydrogen) atoms. The van der Waals surface area contributed by atoms with Crippen LogP contribution in [0.15, 0.2) is 42.5 Å². The van der Waals surface area contributed by atoms with Gasteiger partial charge in [0, 0.05) is 50.9 Å². The number of nitrogens with zero attached hydrogens (tertiary/aromatic N) is 4. The Morgan fingerprint density at radius 2 is 1.62 bits per heavy atom. The Morgan fingerprint density at radius 3 is 2.26 bits per heavy atom. The van der Waals surface area contributed by atoms with Gasteiger partial charge in [0.05, 0.1) is 35.8 Å². The van der Waals surface area contributed by atoms with Crippen molar-refractivity contribution in [2.24, 2.45) is 0 Å². The minimum Gasteiger partial charge on any atom is -0.378 e. The minimum atomic E-state index is -3.25. The van der Waals surface area contributed by atoms with Gasteiger partial charge in [0.15, 0.2) is 0 Å². The predicted molar refractivity (Wildman–Crippen MR) is 129 cm³/mol. The first-order valence-electron chi connectivity index (χ1n) is 11.0. The molecule has 2 saturated heterocycles. The lowest BCUT2D eigenvalue weighted by Gasteiger charge is -2.35. The summed E-state index contributed by atoms with van der Waals surface area (Å²) in [6, 6.07) is 11.7. The molecule has 0 spiro atoms. The van der Waals surface area contributed by atoms with Crippen molar-refractivity contribution >= 4 is 38.7 Å². The highest BCUT2D eigenvalue weighted by Gasteiger charge is 2.26. The van der Waals surface area contributed by atoms with Crippen molar-refractivity contribution in [3.63, 3.8) is 0 Å². The first kappa shape index (κ1) is 23.9. The van der Waals surface area contributed by atoms with Crippen molar-refractivity contribution in [1.29, 1.82) is 0 Å². The first-order chi connectivity index (χ1) is 16.2. The summed E-state index contributed by atoms with van der Waals surface area (Å²) >= 11 is 0. The molecule has 2 aliphatic rings. The Bertz CT molecular complexity index is 1170. The highest BCUT2D eigenvalue weighted by atomic mass is 32.2. The van der Waals surface area contributed by atoms with Crippen molar-refractivity contribution in [3.05, 3.63) is 58.1 Å². The largest absolute Gasteiger partial charge is 0.378 e. The Morgan fingerprint density at radius 1 is 0.971 bits per heavy atom. The standard InChI is InChI=1S/C22H27N5O6S/c1-34(31,32)26-10-8-24(9-11-26)19-5-3-2-4-18(19)23-22(28)17-6-7-20(21(16-17)27(29)30)25-12-14-33-15-13-25/h2-7,16H,8-15H2,1H3,(H,23,28). The molecule has 2 aromatic carbocycles. The lowest BCUT2D eigenvalue weighted by Crippen LogP contribution is -2.48. The molecule has 12 heteroatoms. The van der Waals surface area contributed by atoms with Crippen molar-refractivity contribution in [1.82, 2.24) is 4.31 Å². The second-order valence-electron chi connectivity index (χ2n) is 8.18. The van der Waals surface area contributed by atoms with E-state index in [1.165, 1.54) is 16.6 Å². The van der Waals surface area contributed by atoms with Crippen LogP contribution in [0.2, 0.25) is 0 Å². The van der Waals surface area contributed by atoms with E-state index in [4.69, 9.17) is 4.74 Å². The lowest BCUT2D eigenvalue weighted by atomic mass is 10.1. The van der Waals surface area contributed by atoms with Gasteiger partial charge in [0.25, 0.3) is 11.6 Å². The first-order valence-corrected chi connectivity index (χ1v) is 12.8. The van der Waals surface area contributed by atoms with E-state index in [1.54, 1.807) is 24.3 Å². The molecule has 1 amide bonds. The van der Waals surface area contributed by atoms with Gasteiger partial charge in [-0.15, -0.1) is 0 Å². The van der Waals surface area contributed by atoms with Crippen LogP contribution >= 0.6 is 0 Å². The molecule has 0 atom stereocenters. The van der Waals surface area contributed by atoms with E-state index in [1.807, 2.05) is 21.9 Å². The quantitative estimate of drug-likeness (QED) is 0.481. The Balaban J connectivity index is 1.52. The van der Waals surface area contributed by atoms with E-state index in [2.05, 4.69) is 5.32 Å². The zero-order valence-corrected chi connectivity index (χ0v) is 19.7. The van der Waals surface area contributed by atoms with E-state index in [9.17, 15) is 23.3 Å². The van der Waals surface area contributed by atoms with E-state index >= 15 is 0 Å². The van der Waals surface area contributed by atoms with Crippen LogP contribution in [-0.4, -0.2) is 82.3 Å². The molecule has 182 valence electrons. The highest BCUT2D eigenvalue weighted by molar-refractivity contribution is 7.88. The van der Waals surface area contributed by atoms with Crippen LogP contribution in [0.1, 0.15) is 10.4 Å². The Kier molecular flexibility index (Phi) is 7.00. The van der Waals surface area contributed by atoms with Gasteiger partial charge >= 0.3 is 0 Å². The fourth-order valence-corrected chi connectivity index (χ4v) is 5.02. The van der Waals surface area contributed by atoms with Gasteiger partial charge < -0.3 is 19.9 Å². The Labute approximate surface area is 198 Å². The van der Waals surface area contributed by atoms with Crippen molar-refractivity contribution in [3.8, 4) is 0 Å².